The zero-order valence-corrected chi connectivity index (χ0v) is 37.6. The fourth-order valence-corrected chi connectivity index (χ4v) is 7.28. The number of ether oxygens (including phenoxy) is 3. The van der Waals surface area contributed by atoms with Crippen molar-refractivity contribution in [3.8, 4) is 0 Å². The Kier molecular flexibility index (Phi) is 40.8. The second-order valence-electron chi connectivity index (χ2n) is 17.7. The van der Waals surface area contributed by atoms with Gasteiger partial charge in [-0.05, 0) is 31.1 Å². The van der Waals surface area contributed by atoms with Crippen LogP contribution in [0.1, 0.15) is 266 Å². The van der Waals surface area contributed by atoms with Crippen LogP contribution in [0.3, 0.4) is 0 Å². The standard InChI is InChI=1S/C49H94O6/c1-6-7-8-9-10-11-19-24-29-34-39-47(50)53-42-46(55-49(52)41-36-31-26-21-23-28-33-38-45(4)5)43-54-48(51)40-35-30-25-20-17-15-13-12-14-16-18-22-27-32-37-44(2)3/h44-46H,6-43H2,1-5H3/t46-/m0/s1. The fourth-order valence-electron chi connectivity index (χ4n) is 7.28. The lowest BCUT2D eigenvalue weighted by Gasteiger charge is -2.18. The minimum atomic E-state index is -0.760. The average molecular weight is 779 g/mol. The summed E-state index contributed by atoms with van der Waals surface area (Å²) in [6.07, 6.45) is 41.0. The third kappa shape index (κ3) is 43.4. The smallest absolute Gasteiger partial charge is 0.306 e. The van der Waals surface area contributed by atoms with E-state index in [1.54, 1.807) is 0 Å². The van der Waals surface area contributed by atoms with Crippen LogP contribution in [0.5, 0.6) is 0 Å². The van der Waals surface area contributed by atoms with E-state index < -0.39 is 6.10 Å². The molecule has 0 fully saturated rings. The summed E-state index contributed by atoms with van der Waals surface area (Å²) in [4.78, 5) is 37.7. The van der Waals surface area contributed by atoms with E-state index in [4.69, 9.17) is 14.2 Å². The molecule has 0 aromatic heterocycles. The van der Waals surface area contributed by atoms with Gasteiger partial charge in [0.05, 0.1) is 0 Å². The van der Waals surface area contributed by atoms with E-state index in [0.717, 1.165) is 69.6 Å². The molecule has 0 radical (unpaired) electrons. The first-order valence-corrected chi connectivity index (χ1v) is 24.2. The highest BCUT2D eigenvalue weighted by Gasteiger charge is 2.19. The van der Waals surface area contributed by atoms with Gasteiger partial charge < -0.3 is 14.2 Å². The van der Waals surface area contributed by atoms with Crippen LogP contribution in [-0.4, -0.2) is 37.2 Å². The van der Waals surface area contributed by atoms with E-state index in [0.29, 0.717) is 19.3 Å². The molecule has 6 nitrogen and oxygen atoms in total. The van der Waals surface area contributed by atoms with Gasteiger partial charge in [0.2, 0.25) is 0 Å². The molecule has 55 heavy (non-hydrogen) atoms. The minimum Gasteiger partial charge on any atom is -0.462 e. The van der Waals surface area contributed by atoms with Crippen LogP contribution in [0.4, 0.5) is 0 Å². The molecule has 0 amide bonds. The Balaban J connectivity index is 4.25. The van der Waals surface area contributed by atoms with E-state index in [9.17, 15) is 14.4 Å². The first-order valence-electron chi connectivity index (χ1n) is 24.2. The number of unbranched alkanes of at least 4 members (excludes halogenated alkanes) is 28. The molecule has 0 aliphatic rings. The lowest BCUT2D eigenvalue weighted by Crippen LogP contribution is -2.30. The zero-order chi connectivity index (χ0) is 40.5. The predicted octanol–water partition coefficient (Wildman–Crippen LogP) is 15.4. The normalized spacial score (nSPS) is 12.1. The van der Waals surface area contributed by atoms with Gasteiger partial charge in [-0.3, -0.25) is 14.4 Å². The van der Waals surface area contributed by atoms with Crippen LogP contribution in [0.25, 0.3) is 0 Å². The third-order valence-electron chi connectivity index (χ3n) is 11.0. The van der Waals surface area contributed by atoms with Crippen molar-refractivity contribution < 1.29 is 28.6 Å². The van der Waals surface area contributed by atoms with Crippen molar-refractivity contribution in [2.45, 2.75) is 272 Å². The van der Waals surface area contributed by atoms with Gasteiger partial charge in [-0.1, -0.05) is 227 Å². The Labute approximate surface area is 342 Å². The third-order valence-corrected chi connectivity index (χ3v) is 11.0. The molecule has 0 saturated heterocycles. The molecule has 1 atom stereocenters. The number of hydrogen-bond donors (Lipinski definition) is 0. The van der Waals surface area contributed by atoms with Crippen molar-refractivity contribution >= 4 is 17.9 Å². The lowest BCUT2D eigenvalue weighted by atomic mass is 10.0. The molecule has 0 heterocycles. The van der Waals surface area contributed by atoms with Crippen molar-refractivity contribution in [2.24, 2.45) is 11.8 Å². The molecular formula is C49H94O6. The van der Waals surface area contributed by atoms with Crippen molar-refractivity contribution in [2.75, 3.05) is 13.2 Å². The topological polar surface area (TPSA) is 78.9 Å². The summed E-state index contributed by atoms with van der Waals surface area (Å²) >= 11 is 0. The van der Waals surface area contributed by atoms with Gasteiger partial charge >= 0.3 is 17.9 Å². The molecule has 0 aliphatic carbocycles. The Morgan fingerprint density at radius 2 is 0.600 bits per heavy atom. The summed E-state index contributed by atoms with van der Waals surface area (Å²) in [5.74, 6) is 0.766. The van der Waals surface area contributed by atoms with Crippen LogP contribution in [0.15, 0.2) is 0 Å². The van der Waals surface area contributed by atoms with Gasteiger partial charge in [-0.15, -0.1) is 0 Å². The number of hydrogen-bond acceptors (Lipinski definition) is 6. The molecule has 0 rings (SSSR count). The van der Waals surface area contributed by atoms with E-state index >= 15 is 0 Å². The molecule has 0 aliphatic heterocycles. The average Bonchev–Trinajstić information content (AvgIpc) is 3.15. The zero-order valence-electron chi connectivity index (χ0n) is 37.6. The summed E-state index contributed by atoms with van der Waals surface area (Å²) in [7, 11) is 0. The Hall–Kier alpha value is -1.59. The highest BCUT2D eigenvalue weighted by Crippen LogP contribution is 2.17. The van der Waals surface area contributed by atoms with Gasteiger partial charge in [0.25, 0.3) is 0 Å². The van der Waals surface area contributed by atoms with Crippen LogP contribution in [0.2, 0.25) is 0 Å². The molecular weight excluding hydrogens is 685 g/mol. The summed E-state index contributed by atoms with van der Waals surface area (Å²) in [5.41, 5.74) is 0. The van der Waals surface area contributed by atoms with E-state index in [-0.39, 0.29) is 31.1 Å². The van der Waals surface area contributed by atoms with Crippen molar-refractivity contribution in [1.29, 1.82) is 0 Å². The monoisotopic (exact) mass is 779 g/mol. The van der Waals surface area contributed by atoms with Gasteiger partial charge in [-0.2, -0.15) is 0 Å². The van der Waals surface area contributed by atoms with Crippen LogP contribution >= 0.6 is 0 Å². The Morgan fingerprint density at radius 1 is 0.345 bits per heavy atom. The van der Waals surface area contributed by atoms with Gasteiger partial charge in [-0.25, -0.2) is 0 Å². The van der Waals surface area contributed by atoms with Gasteiger partial charge in [0.15, 0.2) is 6.10 Å². The van der Waals surface area contributed by atoms with E-state index in [1.807, 2.05) is 0 Å². The van der Waals surface area contributed by atoms with Crippen LogP contribution < -0.4 is 0 Å². The van der Waals surface area contributed by atoms with Gasteiger partial charge in [0.1, 0.15) is 13.2 Å². The van der Waals surface area contributed by atoms with Crippen molar-refractivity contribution in [3.05, 3.63) is 0 Å². The van der Waals surface area contributed by atoms with E-state index in [2.05, 4.69) is 34.6 Å². The first-order chi connectivity index (χ1) is 26.7. The predicted molar refractivity (Wildman–Crippen MR) is 233 cm³/mol. The number of carbonyl (C=O) groups is 3. The molecule has 326 valence electrons. The maximum atomic E-state index is 12.7. The van der Waals surface area contributed by atoms with E-state index in [1.165, 1.54) is 154 Å². The first kappa shape index (κ1) is 53.4. The molecule has 0 unspecified atom stereocenters. The molecule has 0 aromatic rings. The molecule has 0 saturated carbocycles. The number of rotatable bonds is 43. The number of carbonyl (C=O) groups excluding carboxylic acids is 3. The molecule has 0 spiro atoms. The van der Waals surface area contributed by atoms with Crippen LogP contribution in [-0.2, 0) is 28.6 Å². The van der Waals surface area contributed by atoms with Crippen molar-refractivity contribution in [1.82, 2.24) is 0 Å². The fraction of sp³-hybridized carbons (Fsp3) is 0.939. The molecule has 0 N–H and O–H groups in total. The Bertz CT molecular complexity index is 839. The lowest BCUT2D eigenvalue weighted by molar-refractivity contribution is -0.167. The van der Waals surface area contributed by atoms with Crippen molar-refractivity contribution in [3.63, 3.8) is 0 Å². The molecule has 0 bridgehead atoms. The Morgan fingerprint density at radius 3 is 0.891 bits per heavy atom. The highest BCUT2D eigenvalue weighted by atomic mass is 16.6. The minimum absolute atomic E-state index is 0.0649. The second kappa shape index (κ2) is 42.0. The summed E-state index contributed by atoms with van der Waals surface area (Å²) in [5, 5.41) is 0. The summed E-state index contributed by atoms with van der Waals surface area (Å²) in [6.45, 7) is 11.3. The highest BCUT2D eigenvalue weighted by molar-refractivity contribution is 5.71. The van der Waals surface area contributed by atoms with Gasteiger partial charge in [0, 0.05) is 19.3 Å². The summed E-state index contributed by atoms with van der Waals surface area (Å²) < 4.78 is 16.7. The largest absolute Gasteiger partial charge is 0.462 e. The second-order valence-corrected chi connectivity index (χ2v) is 17.7. The van der Waals surface area contributed by atoms with Crippen LogP contribution in [0, 0.1) is 11.8 Å². The SMILES string of the molecule is CCCCCCCCCCCCC(=O)OC[C@@H](COC(=O)CCCCCCCCCCCCCCCCC(C)C)OC(=O)CCCCCCCCCC(C)C. The maximum Gasteiger partial charge on any atom is 0.306 e. The molecule has 0 aromatic carbocycles. The quantitative estimate of drug-likeness (QED) is 0.0348. The maximum absolute atomic E-state index is 12.7. The molecule has 6 heteroatoms. The number of esters is 3. The summed E-state index contributed by atoms with van der Waals surface area (Å²) in [6, 6.07) is 0.